The molecule has 1 aliphatic carbocycles. The van der Waals surface area contributed by atoms with Gasteiger partial charge in [0.25, 0.3) is 10.0 Å². The predicted octanol–water partition coefficient (Wildman–Crippen LogP) is 3.73. The van der Waals surface area contributed by atoms with Crippen molar-refractivity contribution in [3.05, 3.63) is 53.1 Å². The second kappa shape index (κ2) is 10.8. The van der Waals surface area contributed by atoms with Gasteiger partial charge in [-0.1, -0.05) is 32.0 Å². The second-order valence-corrected chi connectivity index (χ2v) is 9.72. The van der Waals surface area contributed by atoms with E-state index in [9.17, 15) is 23.1 Å². The zero-order valence-corrected chi connectivity index (χ0v) is 19.9. The Kier molecular flexibility index (Phi) is 8.10. The molecule has 0 atom stereocenters. The first-order valence-electron chi connectivity index (χ1n) is 11.3. The number of amides is 1. The van der Waals surface area contributed by atoms with Crippen LogP contribution in [0.2, 0.25) is 0 Å². The SMILES string of the molecule is CCN(CC)CCC(=O)Nc1ccccc1S(=O)(=O)Nc1ccc2c(c1C(=O)O)CCCC2. The van der Waals surface area contributed by atoms with Crippen molar-refractivity contribution < 1.29 is 23.1 Å². The van der Waals surface area contributed by atoms with Crippen LogP contribution in [0.4, 0.5) is 11.4 Å². The van der Waals surface area contributed by atoms with E-state index in [0.717, 1.165) is 37.9 Å². The van der Waals surface area contributed by atoms with Crippen LogP contribution in [0.5, 0.6) is 0 Å². The molecule has 0 spiro atoms. The molecule has 0 heterocycles. The minimum atomic E-state index is -4.15. The topological polar surface area (TPSA) is 116 Å². The lowest BCUT2D eigenvalue weighted by molar-refractivity contribution is -0.116. The number of sulfonamides is 1. The maximum Gasteiger partial charge on any atom is 0.338 e. The summed E-state index contributed by atoms with van der Waals surface area (Å²) in [6, 6.07) is 9.41. The third-order valence-corrected chi connectivity index (χ3v) is 7.41. The molecule has 1 aliphatic rings. The van der Waals surface area contributed by atoms with Crippen molar-refractivity contribution in [2.75, 3.05) is 29.7 Å². The zero-order valence-electron chi connectivity index (χ0n) is 19.1. The van der Waals surface area contributed by atoms with Gasteiger partial charge in [0, 0.05) is 13.0 Å². The fourth-order valence-corrected chi connectivity index (χ4v) is 5.41. The average molecular weight is 474 g/mol. The van der Waals surface area contributed by atoms with Gasteiger partial charge in [-0.3, -0.25) is 9.52 Å². The van der Waals surface area contributed by atoms with E-state index in [1.807, 2.05) is 13.8 Å². The van der Waals surface area contributed by atoms with Gasteiger partial charge in [0.15, 0.2) is 0 Å². The van der Waals surface area contributed by atoms with Crippen molar-refractivity contribution >= 4 is 33.3 Å². The van der Waals surface area contributed by atoms with Gasteiger partial charge in [-0.15, -0.1) is 0 Å². The van der Waals surface area contributed by atoms with Crippen LogP contribution in [0, 0.1) is 0 Å². The maximum absolute atomic E-state index is 13.2. The first kappa shape index (κ1) is 24.7. The summed E-state index contributed by atoms with van der Waals surface area (Å²) in [4.78, 5) is 26.5. The number of rotatable bonds is 10. The number of carboxylic acids is 1. The Labute approximate surface area is 195 Å². The molecule has 2 aromatic rings. The molecule has 9 heteroatoms. The minimum absolute atomic E-state index is 0.00323. The highest BCUT2D eigenvalue weighted by molar-refractivity contribution is 7.92. The number of hydrogen-bond donors (Lipinski definition) is 3. The average Bonchev–Trinajstić information content (AvgIpc) is 2.79. The van der Waals surface area contributed by atoms with Crippen LogP contribution in [0.15, 0.2) is 41.3 Å². The number of hydrogen-bond acceptors (Lipinski definition) is 5. The molecular formula is C24H31N3O5S. The molecule has 3 rings (SSSR count). The lowest BCUT2D eigenvalue weighted by atomic mass is 9.87. The summed E-state index contributed by atoms with van der Waals surface area (Å²) in [5.74, 6) is -1.45. The molecule has 2 aromatic carbocycles. The van der Waals surface area contributed by atoms with Gasteiger partial charge in [0.2, 0.25) is 5.91 Å². The Morgan fingerprint density at radius 2 is 1.70 bits per heavy atom. The quantitative estimate of drug-likeness (QED) is 0.484. The summed E-state index contributed by atoms with van der Waals surface area (Å²) in [5.41, 5.74) is 1.82. The fraction of sp³-hybridized carbons (Fsp3) is 0.417. The largest absolute Gasteiger partial charge is 0.478 e. The molecule has 0 aromatic heterocycles. The van der Waals surface area contributed by atoms with Crippen LogP contribution in [-0.4, -0.2) is 49.9 Å². The van der Waals surface area contributed by atoms with Crippen LogP contribution >= 0.6 is 0 Å². The molecule has 8 nitrogen and oxygen atoms in total. The number of carboxylic acid groups (broad SMARTS) is 1. The van der Waals surface area contributed by atoms with Crippen molar-refractivity contribution in [1.82, 2.24) is 4.90 Å². The summed E-state index contributed by atoms with van der Waals surface area (Å²) in [6.45, 7) is 6.25. The molecule has 0 unspecified atom stereocenters. The molecule has 0 saturated carbocycles. The third kappa shape index (κ3) is 5.91. The summed E-state index contributed by atoms with van der Waals surface area (Å²) in [6.07, 6.45) is 3.47. The highest BCUT2D eigenvalue weighted by Crippen LogP contribution is 2.32. The Bertz CT molecular complexity index is 1130. The molecular weight excluding hydrogens is 442 g/mol. The summed E-state index contributed by atoms with van der Waals surface area (Å²) in [7, 11) is -4.15. The molecule has 0 aliphatic heterocycles. The molecule has 1 amide bonds. The number of aromatic carboxylic acids is 1. The highest BCUT2D eigenvalue weighted by Gasteiger charge is 2.26. The summed E-state index contributed by atoms with van der Waals surface area (Å²) < 4.78 is 28.9. The van der Waals surface area contributed by atoms with Gasteiger partial charge in [-0.25, -0.2) is 13.2 Å². The number of anilines is 2. The van der Waals surface area contributed by atoms with E-state index in [1.54, 1.807) is 18.2 Å². The maximum atomic E-state index is 13.2. The van der Waals surface area contributed by atoms with Gasteiger partial charge < -0.3 is 15.3 Å². The van der Waals surface area contributed by atoms with Gasteiger partial charge in [0.1, 0.15) is 4.90 Å². The van der Waals surface area contributed by atoms with E-state index < -0.39 is 16.0 Å². The number of fused-ring (bicyclic) bond motifs is 1. The lowest BCUT2D eigenvalue weighted by Gasteiger charge is -2.21. The second-order valence-electron chi connectivity index (χ2n) is 8.06. The number of para-hydroxylation sites is 1. The number of carbonyl (C=O) groups is 2. The van der Waals surface area contributed by atoms with E-state index in [4.69, 9.17) is 0 Å². The van der Waals surface area contributed by atoms with Gasteiger partial charge in [-0.05, 0) is 68.1 Å². The molecule has 3 N–H and O–H groups in total. The molecule has 178 valence electrons. The van der Waals surface area contributed by atoms with Crippen molar-refractivity contribution in [1.29, 1.82) is 0 Å². The lowest BCUT2D eigenvalue weighted by Crippen LogP contribution is -2.28. The molecule has 0 fully saturated rings. The van der Waals surface area contributed by atoms with E-state index in [1.165, 1.54) is 18.2 Å². The van der Waals surface area contributed by atoms with Gasteiger partial charge in [0.05, 0.1) is 16.9 Å². The van der Waals surface area contributed by atoms with Crippen molar-refractivity contribution in [3.8, 4) is 0 Å². The monoisotopic (exact) mass is 473 g/mol. The predicted molar refractivity (Wildman–Crippen MR) is 128 cm³/mol. The standard InChI is InChI=1S/C24H31N3O5S/c1-3-27(4-2)16-15-22(28)25-19-11-7-8-12-21(19)33(31,32)26-20-14-13-17-9-5-6-10-18(17)23(20)24(29)30/h7-8,11-14,26H,3-6,9-10,15-16H2,1-2H3,(H,25,28)(H,29,30). The molecule has 0 saturated heterocycles. The van der Waals surface area contributed by atoms with Crippen LogP contribution < -0.4 is 10.0 Å². The molecule has 0 bridgehead atoms. The van der Waals surface area contributed by atoms with E-state index in [-0.39, 0.29) is 34.2 Å². The third-order valence-electron chi connectivity index (χ3n) is 5.99. The first-order chi connectivity index (χ1) is 15.8. The Morgan fingerprint density at radius 1 is 1.00 bits per heavy atom. The molecule has 0 radical (unpaired) electrons. The number of benzene rings is 2. The van der Waals surface area contributed by atoms with Crippen LogP contribution in [0.25, 0.3) is 0 Å². The smallest absolute Gasteiger partial charge is 0.338 e. The Balaban J connectivity index is 1.86. The fourth-order valence-electron chi connectivity index (χ4n) is 4.17. The van der Waals surface area contributed by atoms with Crippen LogP contribution in [0.3, 0.4) is 0 Å². The Morgan fingerprint density at radius 3 is 2.39 bits per heavy atom. The van der Waals surface area contributed by atoms with Crippen LogP contribution in [-0.2, 0) is 27.7 Å². The van der Waals surface area contributed by atoms with E-state index >= 15 is 0 Å². The van der Waals surface area contributed by atoms with E-state index in [0.29, 0.717) is 18.5 Å². The Hall–Kier alpha value is -2.91. The highest BCUT2D eigenvalue weighted by atomic mass is 32.2. The van der Waals surface area contributed by atoms with Crippen LogP contribution in [0.1, 0.15) is 54.6 Å². The zero-order chi connectivity index (χ0) is 24.0. The summed E-state index contributed by atoms with van der Waals surface area (Å²) in [5, 5.41) is 12.5. The number of nitrogens with zero attached hydrogens (tertiary/aromatic N) is 1. The summed E-state index contributed by atoms with van der Waals surface area (Å²) >= 11 is 0. The van der Waals surface area contributed by atoms with Gasteiger partial charge in [-0.2, -0.15) is 0 Å². The first-order valence-corrected chi connectivity index (χ1v) is 12.8. The van der Waals surface area contributed by atoms with Crippen molar-refractivity contribution in [2.45, 2.75) is 50.8 Å². The number of nitrogens with one attached hydrogen (secondary N) is 2. The number of aryl methyl sites for hydroxylation is 1. The van der Waals surface area contributed by atoms with E-state index in [2.05, 4.69) is 14.9 Å². The van der Waals surface area contributed by atoms with Crippen molar-refractivity contribution in [2.24, 2.45) is 0 Å². The normalized spacial score (nSPS) is 13.4. The van der Waals surface area contributed by atoms with Crippen molar-refractivity contribution in [3.63, 3.8) is 0 Å². The minimum Gasteiger partial charge on any atom is -0.478 e. The molecule has 33 heavy (non-hydrogen) atoms. The number of carbonyl (C=O) groups excluding carboxylic acids is 1. The van der Waals surface area contributed by atoms with Gasteiger partial charge >= 0.3 is 5.97 Å².